The number of amides is 1. The van der Waals surface area contributed by atoms with Gasteiger partial charge in [0.2, 0.25) is 0 Å². The van der Waals surface area contributed by atoms with Crippen molar-refractivity contribution in [2.45, 2.75) is 32.4 Å². The van der Waals surface area contributed by atoms with Gasteiger partial charge < -0.3 is 15.2 Å². The fourth-order valence-corrected chi connectivity index (χ4v) is 1.55. The molecular weight excluding hydrogens is 234 g/mol. The third-order valence-corrected chi connectivity index (χ3v) is 2.19. The number of carboxylic acid groups (broad SMARTS) is 1. The summed E-state index contributed by atoms with van der Waals surface area (Å²) in [5.41, 5.74) is -0.696. The highest BCUT2D eigenvalue weighted by Crippen LogP contribution is 2.06. The Balaban J connectivity index is 4.35. The summed E-state index contributed by atoms with van der Waals surface area (Å²) in [6.07, 6.45) is 0.539. The minimum atomic E-state index is -1.31. The summed E-state index contributed by atoms with van der Waals surface area (Å²) < 4.78 is 15.8. The van der Waals surface area contributed by atoms with Crippen LogP contribution in [0, 0.1) is 0 Å². The van der Waals surface area contributed by atoms with Crippen molar-refractivity contribution >= 4 is 22.9 Å². The van der Waals surface area contributed by atoms with Crippen LogP contribution in [0.1, 0.15) is 20.8 Å². The maximum absolute atomic E-state index is 11.3. The Morgan fingerprint density at radius 1 is 1.44 bits per heavy atom. The molecule has 0 rings (SSSR count). The van der Waals surface area contributed by atoms with Crippen molar-refractivity contribution in [3.05, 3.63) is 0 Å². The van der Waals surface area contributed by atoms with Crippen molar-refractivity contribution in [2.24, 2.45) is 0 Å². The zero-order valence-corrected chi connectivity index (χ0v) is 10.6. The van der Waals surface area contributed by atoms with E-state index in [1.165, 1.54) is 6.26 Å². The Kier molecular flexibility index (Phi) is 5.43. The van der Waals surface area contributed by atoms with Crippen LogP contribution in [-0.4, -0.2) is 45.0 Å². The van der Waals surface area contributed by atoms with Gasteiger partial charge in [-0.1, -0.05) is 0 Å². The number of aliphatic carboxylic acids is 1. The van der Waals surface area contributed by atoms with E-state index >= 15 is 0 Å². The number of nitrogens with one attached hydrogen (secondary N) is 1. The number of carbonyl (C=O) groups is 2. The van der Waals surface area contributed by atoms with E-state index in [9.17, 15) is 13.8 Å². The number of ether oxygens (including phenoxy) is 1. The Labute approximate surface area is 96.8 Å². The Hall–Kier alpha value is -1.11. The molecule has 0 aromatic carbocycles. The van der Waals surface area contributed by atoms with Gasteiger partial charge in [-0.3, -0.25) is 4.21 Å². The highest BCUT2D eigenvalue weighted by molar-refractivity contribution is 7.84. The van der Waals surface area contributed by atoms with Crippen LogP contribution in [0.5, 0.6) is 0 Å². The summed E-state index contributed by atoms with van der Waals surface area (Å²) >= 11 is 0. The molecule has 0 aromatic heterocycles. The third-order valence-electron chi connectivity index (χ3n) is 1.39. The molecule has 1 unspecified atom stereocenters. The molecule has 0 aliphatic heterocycles. The van der Waals surface area contributed by atoms with E-state index in [-0.39, 0.29) is 5.75 Å². The second-order valence-electron chi connectivity index (χ2n) is 4.28. The molecule has 94 valence electrons. The van der Waals surface area contributed by atoms with Crippen LogP contribution >= 0.6 is 0 Å². The van der Waals surface area contributed by atoms with Crippen molar-refractivity contribution < 1.29 is 23.6 Å². The van der Waals surface area contributed by atoms with Gasteiger partial charge in [0.15, 0.2) is 0 Å². The Morgan fingerprint density at radius 3 is 2.25 bits per heavy atom. The molecule has 6 nitrogen and oxygen atoms in total. The van der Waals surface area contributed by atoms with Gasteiger partial charge in [0.1, 0.15) is 11.6 Å². The fraction of sp³-hybridized carbons (Fsp3) is 0.778. The molecule has 0 heterocycles. The van der Waals surface area contributed by atoms with Gasteiger partial charge in [-0.2, -0.15) is 0 Å². The van der Waals surface area contributed by atoms with E-state index in [4.69, 9.17) is 9.84 Å². The second-order valence-corrected chi connectivity index (χ2v) is 5.76. The Bertz CT molecular complexity index is 297. The highest BCUT2D eigenvalue weighted by Gasteiger charge is 2.24. The summed E-state index contributed by atoms with van der Waals surface area (Å²) in [5.74, 6) is -1.38. The maximum Gasteiger partial charge on any atom is 0.408 e. The Morgan fingerprint density at radius 2 is 1.94 bits per heavy atom. The SMILES string of the molecule is CS(=O)C[C@H](NC(=O)OC(C)(C)C)C(=O)O. The first kappa shape index (κ1) is 14.9. The van der Waals surface area contributed by atoms with Gasteiger partial charge in [-0.25, -0.2) is 9.59 Å². The largest absolute Gasteiger partial charge is 0.480 e. The van der Waals surface area contributed by atoms with Crippen LogP contribution in [0.2, 0.25) is 0 Å². The van der Waals surface area contributed by atoms with Gasteiger partial charge in [0, 0.05) is 17.1 Å². The standard InChI is InChI=1S/C9H17NO5S/c1-9(2,3)15-8(13)10-6(7(11)12)5-16(4)14/h6H,5H2,1-4H3,(H,10,13)(H,11,12)/t6-,16?/m0/s1. The zero-order valence-electron chi connectivity index (χ0n) is 9.77. The summed E-state index contributed by atoms with van der Waals surface area (Å²) in [4.78, 5) is 22.0. The monoisotopic (exact) mass is 251 g/mol. The molecular formula is C9H17NO5S. The quantitative estimate of drug-likeness (QED) is 0.751. The van der Waals surface area contributed by atoms with Gasteiger partial charge >= 0.3 is 12.1 Å². The van der Waals surface area contributed by atoms with Crippen molar-refractivity contribution in [3.8, 4) is 0 Å². The van der Waals surface area contributed by atoms with E-state index in [1.54, 1.807) is 20.8 Å². The van der Waals surface area contributed by atoms with Crippen LogP contribution in [0.15, 0.2) is 0 Å². The second kappa shape index (κ2) is 5.83. The summed E-state index contributed by atoms with van der Waals surface area (Å²) in [5, 5.41) is 10.9. The number of rotatable bonds is 4. The minimum Gasteiger partial charge on any atom is -0.480 e. The fourth-order valence-electron chi connectivity index (χ4n) is 0.859. The molecule has 16 heavy (non-hydrogen) atoms. The van der Waals surface area contributed by atoms with Crippen molar-refractivity contribution in [1.29, 1.82) is 0 Å². The van der Waals surface area contributed by atoms with Crippen LogP contribution < -0.4 is 5.32 Å². The summed E-state index contributed by atoms with van der Waals surface area (Å²) in [6.45, 7) is 5.00. The first-order chi connectivity index (χ1) is 7.11. The van der Waals surface area contributed by atoms with Crippen LogP contribution in [-0.2, 0) is 20.3 Å². The number of hydrogen-bond acceptors (Lipinski definition) is 4. The lowest BCUT2D eigenvalue weighted by Gasteiger charge is -2.21. The molecule has 0 radical (unpaired) electrons. The number of carbonyl (C=O) groups excluding carboxylic acids is 1. The van der Waals surface area contributed by atoms with E-state index in [1.807, 2.05) is 0 Å². The predicted molar refractivity (Wildman–Crippen MR) is 59.7 cm³/mol. The zero-order chi connectivity index (χ0) is 12.9. The summed E-state index contributed by atoms with van der Waals surface area (Å²) in [7, 11) is -1.31. The van der Waals surface area contributed by atoms with Gasteiger partial charge in [-0.15, -0.1) is 0 Å². The average Bonchev–Trinajstić information content (AvgIpc) is 1.97. The van der Waals surface area contributed by atoms with E-state index in [0.29, 0.717) is 0 Å². The first-order valence-electron chi connectivity index (χ1n) is 4.64. The molecule has 0 spiro atoms. The molecule has 0 bridgehead atoms. The number of carboxylic acids is 1. The molecule has 0 fully saturated rings. The average molecular weight is 251 g/mol. The molecule has 7 heteroatoms. The van der Waals surface area contributed by atoms with Crippen LogP contribution in [0.4, 0.5) is 4.79 Å². The highest BCUT2D eigenvalue weighted by atomic mass is 32.2. The minimum absolute atomic E-state index is 0.144. The first-order valence-corrected chi connectivity index (χ1v) is 6.37. The van der Waals surface area contributed by atoms with Gasteiger partial charge in [-0.05, 0) is 20.8 Å². The van der Waals surface area contributed by atoms with Crippen LogP contribution in [0.25, 0.3) is 0 Å². The summed E-state index contributed by atoms with van der Waals surface area (Å²) in [6, 6.07) is -1.19. The van der Waals surface area contributed by atoms with E-state index in [2.05, 4.69) is 5.32 Å². The van der Waals surface area contributed by atoms with E-state index in [0.717, 1.165) is 0 Å². The lowest BCUT2D eigenvalue weighted by atomic mass is 10.2. The van der Waals surface area contributed by atoms with Gasteiger partial charge in [0.05, 0.1) is 5.75 Å². The van der Waals surface area contributed by atoms with E-state index < -0.39 is 34.5 Å². The molecule has 2 N–H and O–H groups in total. The van der Waals surface area contributed by atoms with Crippen molar-refractivity contribution in [1.82, 2.24) is 5.32 Å². The number of alkyl carbamates (subject to hydrolysis) is 1. The lowest BCUT2D eigenvalue weighted by Crippen LogP contribution is -2.46. The molecule has 2 atom stereocenters. The molecule has 1 amide bonds. The molecule has 0 saturated carbocycles. The normalized spacial score (nSPS) is 15.0. The van der Waals surface area contributed by atoms with Crippen LogP contribution in [0.3, 0.4) is 0 Å². The number of hydrogen-bond donors (Lipinski definition) is 2. The lowest BCUT2D eigenvalue weighted by molar-refractivity contribution is -0.138. The third kappa shape index (κ3) is 7.22. The van der Waals surface area contributed by atoms with Crippen molar-refractivity contribution in [2.75, 3.05) is 12.0 Å². The predicted octanol–water partition coefficient (Wildman–Crippen LogP) is 0.343. The molecule has 0 aliphatic rings. The molecule has 0 aromatic rings. The molecule has 0 saturated heterocycles. The maximum atomic E-state index is 11.3. The smallest absolute Gasteiger partial charge is 0.408 e. The molecule has 0 aliphatic carbocycles. The topological polar surface area (TPSA) is 92.7 Å². The van der Waals surface area contributed by atoms with Gasteiger partial charge in [0.25, 0.3) is 0 Å². The van der Waals surface area contributed by atoms with Crippen molar-refractivity contribution in [3.63, 3.8) is 0 Å².